The maximum absolute atomic E-state index is 6.18. The summed E-state index contributed by atoms with van der Waals surface area (Å²) >= 11 is 18.5. The van der Waals surface area contributed by atoms with Gasteiger partial charge in [-0.2, -0.15) is 4.98 Å². The Balaban J connectivity index is 2.10. The molecule has 0 aliphatic rings. The molecule has 0 saturated heterocycles. The van der Waals surface area contributed by atoms with E-state index >= 15 is 0 Å². The van der Waals surface area contributed by atoms with Crippen LogP contribution in [0.4, 0.5) is 0 Å². The van der Waals surface area contributed by atoms with Crippen molar-refractivity contribution in [2.75, 3.05) is 0 Å². The molecule has 3 nitrogen and oxygen atoms in total. The van der Waals surface area contributed by atoms with E-state index in [4.69, 9.17) is 34.8 Å². The van der Waals surface area contributed by atoms with E-state index in [2.05, 4.69) is 10.1 Å². The second-order valence-corrected chi connectivity index (χ2v) is 5.68. The smallest absolute Gasteiger partial charge is 0.203 e. The second-order valence-electron chi connectivity index (χ2n) is 4.53. The molecule has 1 aromatic heterocycles. The molecule has 0 atom stereocenters. The van der Waals surface area contributed by atoms with E-state index in [0.29, 0.717) is 15.9 Å². The number of aromatic nitrogens is 3. The first-order valence-electron chi connectivity index (χ1n) is 6.20. The molecule has 6 heteroatoms. The van der Waals surface area contributed by atoms with Gasteiger partial charge in [0.2, 0.25) is 5.28 Å². The quantitative estimate of drug-likeness (QED) is 0.642. The Morgan fingerprint density at radius 1 is 0.952 bits per heavy atom. The van der Waals surface area contributed by atoms with Gasteiger partial charge < -0.3 is 0 Å². The Morgan fingerprint density at radius 3 is 2.43 bits per heavy atom. The summed E-state index contributed by atoms with van der Waals surface area (Å²) < 4.78 is 1.53. The van der Waals surface area contributed by atoms with Crippen molar-refractivity contribution in [3.8, 4) is 17.1 Å². The van der Waals surface area contributed by atoms with Crippen LogP contribution in [0.2, 0.25) is 15.3 Å². The first kappa shape index (κ1) is 14.4. The zero-order valence-electron chi connectivity index (χ0n) is 11.0. The van der Waals surface area contributed by atoms with Gasteiger partial charge in [-0.05, 0) is 48.4 Å². The maximum Gasteiger partial charge on any atom is 0.226 e. The van der Waals surface area contributed by atoms with Crippen LogP contribution in [0.25, 0.3) is 17.1 Å². The SMILES string of the molecule is Cc1ccc(-n2nc(-c3ccccc3Cl)nc2Cl)cc1Cl. The van der Waals surface area contributed by atoms with Crippen molar-refractivity contribution in [2.45, 2.75) is 6.92 Å². The molecule has 0 spiro atoms. The van der Waals surface area contributed by atoms with Crippen molar-refractivity contribution in [3.63, 3.8) is 0 Å². The van der Waals surface area contributed by atoms with Gasteiger partial charge in [0, 0.05) is 10.6 Å². The van der Waals surface area contributed by atoms with E-state index in [1.807, 2.05) is 37.3 Å². The fraction of sp³-hybridized carbons (Fsp3) is 0.0667. The highest BCUT2D eigenvalue weighted by Crippen LogP contribution is 2.28. The zero-order chi connectivity index (χ0) is 15.0. The fourth-order valence-corrected chi connectivity index (χ4v) is 2.54. The van der Waals surface area contributed by atoms with Crippen molar-refractivity contribution in [3.05, 3.63) is 63.4 Å². The molecular formula is C15H10Cl3N3. The third-order valence-corrected chi connectivity index (χ3v) is 4.06. The topological polar surface area (TPSA) is 30.7 Å². The minimum absolute atomic E-state index is 0.254. The maximum atomic E-state index is 6.18. The predicted octanol–water partition coefficient (Wildman–Crippen LogP) is 5.20. The van der Waals surface area contributed by atoms with Gasteiger partial charge in [0.25, 0.3) is 0 Å². The highest BCUT2D eigenvalue weighted by Gasteiger charge is 2.14. The predicted molar refractivity (Wildman–Crippen MR) is 86.6 cm³/mol. The van der Waals surface area contributed by atoms with Crippen LogP contribution in [0.3, 0.4) is 0 Å². The van der Waals surface area contributed by atoms with Gasteiger partial charge in [0.05, 0.1) is 10.7 Å². The van der Waals surface area contributed by atoms with Gasteiger partial charge in [-0.25, -0.2) is 4.68 Å². The average Bonchev–Trinajstić information content (AvgIpc) is 2.84. The van der Waals surface area contributed by atoms with Crippen LogP contribution in [0.15, 0.2) is 42.5 Å². The lowest BCUT2D eigenvalue weighted by Gasteiger charge is -2.04. The number of hydrogen-bond acceptors (Lipinski definition) is 2. The molecule has 106 valence electrons. The average molecular weight is 339 g/mol. The van der Waals surface area contributed by atoms with Crippen LogP contribution < -0.4 is 0 Å². The van der Waals surface area contributed by atoms with Crippen LogP contribution in [-0.4, -0.2) is 14.8 Å². The Bertz CT molecular complexity index is 812. The number of aryl methyl sites for hydroxylation is 1. The van der Waals surface area contributed by atoms with E-state index in [1.165, 1.54) is 4.68 Å². The lowest BCUT2D eigenvalue weighted by Crippen LogP contribution is -1.97. The first-order chi connectivity index (χ1) is 10.1. The Labute approximate surface area is 137 Å². The Hall–Kier alpha value is -1.55. The highest BCUT2D eigenvalue weighted by molar-refractivity contribution is 6.33. The number of hydrogen-bond donors (Lipinski definition) is 0. The molecule has 0 aliphatic heterocycles. The van der Waals surface area contributed by atoms with Gasteiger partial charge in [-0.3, -0.25) is 0 Å². The molecule has 3 aromatic rings. The lowest BCUT2D eigenvalue weighted by molar-refractivity contribution is 0.882. The summed E-state index contributed by atoms with van der Waals surface area (Å²) in [4.78, 5) is 4.26. The van der Waals surface area contributed by atoms with Crippen molar-refractivity contribution < 1.29 is 0 Å². The summed E-state index contributed by atoms with van der Waals surface area (Å²) in [6.45, 7) is 1.93. The third kappa shape index (κ3) is 2.77. The van der Waals surface area contributed by atoms with Crippen LogP contribution in [0.1, 0.15) is 5.56 Å². The molecular weight excluding hydrogens is 329 g/mol. The molecule has 0 bridgehead atoms. The summed E-state index contributed by atoms with van der Waals surface area (Å²) in [5.41, 5.74) is 2.47. The number of nitrogens with zero attached hydrogens (tertiary/aromatic N) is 3. The number of rotatable bonds is 2. The molecule has 2 aromatic carbocycles. The van der Waals surface area contributed by atoms with Crippen LogP contribution in [0.5, 0.6) is 0 Å². The van der Waals surface area contributed by atoms with Crippen LogP contribution in [-0.2, 0) is 0 Å². The summed E-state index contributed by atoms with van der Waals surface area (Å²) in [6.07, 6.45) is 0. The summed E-state index contributed by atoms with van der Waals surface area (Å²) in [5, 5.41) is 5.90. The van der Waals surface area contributed by atoms with Crippen LogP contribution >= 0.6 is 34.8 Å². The minimum atomic E-state index is 0.254. The van der Waals surface area contributed by atoms with E-state index in [0.717, 1.165) is 16.8 Å². The molecule has 0 radical (unpaired) electrons. The number of halogens is 3. The Kier molecular flexibility index (Phi) is 3.89. The third-order valence-electron chi connectivity index (χ3n) is 3.08. The summed E-state index contributed by atoms with van der Waals surface area (Å²) in [6, 6.07) is 13.0. The van der Waals surface area contributed by atoms with E-state index in [1.54, 1.807) is 12.1 Å². The van der Waals surface area contributed by atoms with Gasteiger partial charge in [0.15, 0.2) is 5.82 Å². The molecule has 1 heterocycles. The molecule has 3 rings (SSSR count). The molecule has 0 fully saturated rings. The standard InChI is InChI=1S/C15H10Cl3N3/c1-9-6-7-10(8-13(9)17)21-15(18)19-14(20-21)11-4-2-3-5-12(11)16/h2-8H,1H3. The van der Waals surface area contributed by atoms with E-state index < -0.39 is 0 Å². The molecule has 0 saturated carbocycles. The Morgan fingerprint density at radius 2 is 1.71 bits per heavy atom. The van der Waals surface area contributed by atoms with Crippen LogP contribution in [0, 0.1) is 6.92 Å². The molecule has 0 amide bonds. The minimum Gasteiger partial charge on any atom is -0.203 e. The molecule has 0 aliphatic carbocycles. The van der Waals surface area contributed by atoms with Gasteiger partial charge in [0.1, 0.15) is 0 Å². The van der Waals surface area contributed by atoms with Gasteiger partial charge in [-0.15, -0.1) is 5.10 Å². The van der Waals surface area contributed by atoms with Crippen molar-refractivity contribution in [1.82, 2.24) is 14.8 Å². The monoisotopic (exact) mass is 337 g/mol. The lowest BCUT2D eigenvalue weighted by atomic mass is 10.2. The molecule has 21 heavy (non-hydrogen) atoms. The van der Waals surface area contributed by atoms with Gasteiger partial charge in [-0.1, -0.05) is 41.4 Å². The fourth-order valence-electron chi connectivity index (χ4n) is 1.93. The first-order valence-corrected chi connectivity index (χ1v) is 7.33. The second kappa shape index (κ2) is 5.68. The van der Waals surface area contributed by atoms with E-state index in [-0.39, 0.29) is 5.28 Å². The van der Waals surface area contributed by atoms with Crippen molar-refractivity contribution in [2.24, 2.45) is 0 Å². The summed E-state index contributed by atoms with van der Waals surface area (Å²) in [7, 11) is 0. The molecule has 0 unspecified atom stereocenters. The number of benzene rings is 2. The van der Waals surface area contributed by atoms with Crippen molar-refractivity contribution >= 4 is 34.8 Å². The largest absolute Gasteiger partial charge is 0.226 e. The highest BCUT2D eigenvalue weighted by atomic mass is 35.5. The van der Waals surface area contributed by atoms with Crippen molar-refractivity contribution in [1.29, 1.82) is 0 Å². The van der Waals surface area contributed by atoms with E-state index in [9.17, 15) is 0 Å². The van der Waals surface area contributed by atoms with Gasteiger partial charge >= 0.3 is 0 Å². The normalized spacial score (nSPS) is 10.9. The molecule has 0 N–H and O–H groups in total. The zero-order valence-corrected chi connectivity index (χ0v) is 13.3. The summed E-state index contributed by atoms with van der Waals surface area (Å²) in [5.74, 6) is 0.474.